The zero-order valence-electron chi connectivity index (χ0n) is 12.8. The highest BCUT2D eigenvalue weighted by molar-refractivity contribution is 6.98. The molecule has 0 spiro atoms. The second-order valence-electron chi connectivity index (χ2n) is 7.52. The zero-order chi connectivity index (χ0) is 13.0. The summed E-state index contributed by atoms with van der Waals surface area (Å²) in [4.78, 5) is 0. The van der Waals surface area contributed by atoms with Gasteiger partial charge >= 0.3 is 0 Å². The van der Waals surface area contributed by atoms with E-state index in [9.17, 15) is 0 Å². The fourth-order valence-electron chi connectivity index (χ4n) is 2.79. The van der Waals surface area contributed by atoms with Crippen LogP contribution in [0.3, 0.4) is 0 Å². The highest BCUT2D eigenvalue weighted by atomic mass is 28.4. The van der Waals surface area contributed by atoms with Gasteiger partial charge in [-0.25, -0.2) is 0 Å². The van der Waals surface area contributed by atoms with Crippen molar-refractivity contribution < 1.29 is 0 Å². The predicted octanol–water partition coefficient (Wildman–Crippen LogP) is 4.92. The molecule has 0 saturated heterocycles. The van der Waals surface area contributed by atoms with E-state index < -0.39 is 16.1 Å². The van der Waals surface area contributed by atoms with Crippen LogP contribution in [0.2, 0.25) is 68.9 Å². The van der Waals surface area contributed by atoms with Gasteiger partial charge in [0.15, 0.2) is 0 Å². The first-order chi connectivity index (χ1) is 7.06. The summed E-state index contributed by atoms with van der Waals surface area (Å²) >= 11 is 0. The van der Waals surface area contributed by atoms with Crippen LogP contribution in [0.15, 0.2) is 0 Å². The summed E-state index contributed by atoms with van der Waals surface area (Å²) in [7, 11) is -1.63. The molecule has 0 aromatic rings. The largest absolute Gasteiger partial charge is 0.0715 e. The van der Waals surface area contributed by atoms with Crippen molar-refractivity contribution >= 4 is 33.7 Å². The number of hydrogen-bond donors (Lipinski definition) is 0. The topological polar surface area (TPSA) is 0 Å². The van der Waals surface area contributed by atoms with Crippen LogP contribution >= 0.6 is 0 Å². The molecule has 0 nitrogen and oxygen atoms in total. The molecule has 96 valence electrons. The molecule has 0 aliphatic carbocycles. The average molecular weight is 289 g/mol. The predicted molar refractivity (Wildman–Crippen MR) is 89.0 cm³/mol. The van der Waals surface area contributed by atoms with Crippen molar-refractivity contribution in [3.05, 3.63) is 0 Å². The van der Waals surface area contributed by atoms with E-state index in [0.717, 1.165) is 0 Å². The second-order valence-corrected chi connectivity index (χ2v) is 25.8. The lowest BCUT2D eigenvalue weighted by molar-refractivity contribution is 1.37. The Balaban J connectivity index is 4.14. The molecule has 0 fully saturated rings. The summed E-state index contributed by atoms with van der Waals surface area (Å²) in [6.45, 7) is 20.4. The molecule has 0 saturated carbocycles. The maximum absolute atomic E-state index is 2.65. The Bertz CT molecular complexity index is 196. The lowest BCUT2D eigenvalue weighted by Crippen LogP contribution is -2.38. The van der Waals surface area contributed by atoms with E-state index in [0.29, 0.717) is 0 Å². The normalized spacial score (nSPS) is 13.9. The van der Waals surface area contributed by atoms with Crippen molar-refractivity contribution in [1.82, 2.24) is 0 Å². The molecule has 0 unspecified atom stereocenters. The monoisotopic (exact) mass is 288 g/mol. The van der Waals surface area contributed by atoms with Gasteiger partial charge in [0, 0.05) is 33.7 Å². The van der Waals surface area contributed by atoms with Crippen LogP contribution in [-0.2, 0) is 0 Å². The lowest BCUT2D eigenvalue weighted by Gasteiger charge is -2.30. The van der Waals surface area contributed by atoms with Crippen LogP contribution in [0.5, 0.6) is 0 Å². The molecular weight excluding hydrogens is 256 g/mol. The maximum atomic E-state index is 2.65. The molecule has 0 rings (SSSR count). The molecule has 0 heterocycles. The molecule has 2 radical (unpaired) electrons. The minimum atomic E-state index is -0.837. The van der Waals surface area contributed by atoms with Crippen molar-refractivity contribution in [2.24, 2.45) is 0 Å². The van der Waals surface area contributed by atoms with Crippen LogP contribution in [0.4, 0.5) is 0 Å². The molecule has 0 aromatic heterocycles. The highest BCUT2D eigenvalue weighted by Gasteiger charge is 2.28. The van der Waals surface area contributed by atoms with Gasteiger partial charge in [-0.1, -0.05) is 75.8 Å². The van der Waals surface area contributed by atoms with Gasteiger partial charge in [0.1, 0.15) is 0 Å². The van der Waals surface area contributed by atoms with Crippen molar-refractivity contribution in [1.29, 1.82) is 0 Å². The fourth-order valence-corrected chi connectivity index (χ4v) is 27.4. The Kier molecular flexibility index (Phi) is 7.07. The van der Waals surface area contributed by atoms with Crippen molar-refractivity contribution in [3.63, 3.8) is 0 Å². The lowest BCUT2D eigenvalue weighted by atomic mass is 11.0. The Morgan fingerprint density at radius 3 is 1.56 bits per heavy atom. The molecule has 0 bridgehead atoms. The van der Waals surface area contributed by atoms with Crippen LogP contribution in [0, 0.1) is 0 Å². The fraction of sp³-hybridized carbons (Fsp3) is 1.00. The molecule has 0 atom stereocenters. The third kappa shape index (κ3) is 8.96. The number of rotatable bonds is 7. The molecule has 0 aliphatic heterocycles. The van der Waals surface area contributed by atoms with E-state index in [1.165, 1.54) is 6.04 Å². The van der Waals surface area contributed by atoms with Crippen molar-refractivity contribution in [2.45, 2.75) is 75.8 Å². The van der Waals surface area contributed by atoms with Gasteiger partial charge in [-0.05, 0) is 0 Å². The van der Waals surface area contributed by atoms with E-state index in [4.69, 9.17) is 0 Å². The molecular formula is C12H32Si4. The van der Waals surface area contributed by atoms with E-state index in [1.54, 1.807) is 17.0 Å². The van der Waals surface area contributed by atoms with Gasteiger partial charge in [-0.2, -0.15) is 0 Å². The van der Waals surface area contributed by atoms with Crippen LogP contribution < -0.4 is 0 Å². The summed E-state index contributed by atoms with van der Waals surface area (Å²) < 4.78 is 0. The molecule has 0 aliphatic rings. The first kappa shape index (κ1) is 16.9. The van der Waals surface area contributed by atoms with Gasteiger partial charge in [-0.3, -0.25) is 0 Å². The summed E-state index contributed by atoms with van der Waals surface area (Å²) in [5.74, 6) is 0. The summed E-state index contributed by atoms with van der Waals surface area (Å²) in [6.07, 6.45) is 0. The third-order valence-corrected chi connectivity index (χ3v) is 23.3. The van der Waals surface area contributed by atoms with Gasteiger partial charge in [0.05, 0.1) is 0 Å². The van der Waals surface area contributed by atoms with Gasteiger partial charge in [-0.15, -0.1) is 0 Å². The average Bonchev–Trinajstić information content (AvgIpc) is 1.97. The Morgan fingerprint density at radius 2 is 1.19 bits per heavy atom. The Morgan fingerprint density at radius 1 is 0.750 bits per heavy atom. The van der Waals surface area contributed by atoms with Gasteiger partial charge in [0.25, 0.3) is 0 Å². The van der Waals surface area contributed by atoms with Gasteiger partial charge < -0.3 is 0 Å². The van der Waals surface area contributed by atoms with Crippen molar-refractivity contribution in [3.8, 4) is 0 Å². The summed E-state index contributed by atoms with van der Waals surface area (Å²) in [5, 5.41) is 0. The summed E-state index contributed by atoms with van der Waals surface area (Å²) in [6, 6.07) is 1.47. The molecule has 16 heavy (non-hydrogen) atoms. The molecule has 0 aromatic carbocycles. The minimum absolute atomic E-state index is 0.0152. The third-order valence-electron chi connectivity index (χ3n) is 3.00. The second kappa shape index (κ2) is 6.71. The molecule has 0 amide bonds. The smallest absolute Gasteiger partial charge is 0.0417 e. The SMILES string of the molecule is CC[Si](C)C[Si](C)(C)C[Si](C)C[Si](C)(C)C. The van der Waals surface area contributed by atoms with Gasteiger partial charge in [0.2, 0.25) is 0 Å². The Labute approximate surface area is 109 Å². The highest BCUT2D eigenvalue weighted by Crippen LogP contribution is 2.23. The van der Waals surface area contributed by atoms with E-state index in [1.807, 2.05) is 0 Å². The van der Waals surface area contributed by atoms with E-state index >= 15 is 0 Å². The van der Waals surface area contributed by atoms with Crippen molar-refractivity contribution in [2.75, 3.05) is 0 Å². The van der Waals surface area contributed by atoms with Crippen LogP contribution in [0.1, 0.15) is 6.92 Å². The quantitative estimate of drug-likeness (QED) is 0.583. The van der Waals surface area contributed by atoms with Crippen LogP contribution in [0.25, 0.3) is 0 Å². The van der Waals surface area contributed by atoms with E-state index in [-0.39, 0.29) is 17.6 Å². The van der Waals surface area contributed by atoms with E-state index in [2.05, 4.69) is 52.8 Å². The minimum Gasteiger partial charge on any atom is -0.0715 e. The maximum Gasteiger partial charge on any atom is 0.0417 e. The first-order valence-electron chi connectivity index (χ1n) is 6.68. The molecule has 0 N–H and O–H groups in total. The summed E-state index contributed by atoms with van der Waals surface area (Å²) in [5.41, 5.74) is 4.96. The van der Waals surface area contributed by atoms with Crippen LogP contribution in [-0.4, -0.2) is 33.7 Å². The zero-order valence-corrected chi connectivity index (χ0v) is 16.8. The molecule has 4 heteroatoms. The number of hydrogen-bond acceptors (Lipinski definition) is 0. The first-order valence-corrected chi connectivity index (χ1v) is 18.6. The Hall–Kier alpha value is 0.868. The standard InChI is InChI=1S/C12H32Si4/c1-9-13(2)11-16(7,8)12-14(3)10-15(4,5)6/h9-12H2,1-8H3.